The van der Waals surface area contributed by atoms with Gasteiger partial charge in [-0.25, -0.2) is 0 Å². The van der Waals surface area contributed by atoms with Gasteiger partial charge in [-0.1, -0.05) is 30.4 Å². The molecule has 1 aliphatic heterocycles. The number of methoxy groups -OCH3 is 1. The number of nitrogens with zero attached hydrogens (tertiary/aromatic N) is 1. The Labute approximate surface area is 146 Å². The van der Waals surface area contributed by atoms with Crippen LogP contribution >= 0.6 is 0 Å². The fourth-order valence-corrected chi connectivity index (χ4v) is 3.43. The van der Waals surface area contributed by atoms with Gasteiger partial charge in [0.25, 0.3) is 0 Å². The van der Waals surface area contributed by atoms with Crippen LogP contribution in [-0.2, 0) is 20.9 Å². The lowest BCUT2D eigenvalue weighted by Crippen LogP contribution is -2.35. The van der Waals surface area contributed by atoms with Gasteiger partial charge in [0, 0.05) is 25.1 Å². The van der Waals surface area contributed by atoms with Crippen molar-refractivity contribution in [3.63, 3.8) is 0 Å². The third-order valence-electron chi connectivity index (χ3n) is 4.83. The maximum absolute atomic E-state index is 12.3. The molecule has 6 nitrogen and oxygen atoms in total. The number of allylic oxidation sites excluding steroid dienone is 2. The highest BCUT2D eigenvalue weighted by atomic mass is 16.5. The Morgan fingerprint density at radius 2 is 1.80 bits per heavy atom. The fraction of sp³-hybridized carbons (Fsp3) is 0.421. The molecular weight excluding hydrogens is 320 g/mol. The second-order valence-corrected chi connectivity index (χ2v) is 6.32. The first-order valence-corrected chi connectivity index (χ1v) is 8.50. The molecule has 1 heterocycles. The molecule has 2 aliphatic rings. The second-order valence-electron chi connectivity index (χ2n) is 6.32. The predicted molar refractivity (Wildman–Crippen MR) is 91.5 cm³/mol. The topological polar surface area (TPSA) is 75.7 Å². The molecule has 1 aliphatic carbocycles. The summed E-state index contributed by atoms with van der Waals surface area (Å²) in [6.45, 7) is 0.488. The first-order chi connectivity index (χ1) is 12.1. The van der Waals surface area contributed by atoms with E-state index < -0.39 is 0 Å². The van der Waals surface area contributed by atoms with Gasteiger partial charge < -0.3 is 10.1 Å². The molecular formula is C19H22N2O4. The van der Waals surface area contributed by atoms with Gasteiger partial charge >= 0.3 is 0 Å². The van der Waals surface area contributed by atoms with E-state index in [4.69, 9.17) is 4.74 Å². The summed E-state index contributed by atoms with van der Waals surface area (Å²) >= 11 is 0. The quantitative estimate of drug-likeness (QED) is 0.630. The fourth-order valence-electron chi connectivity index (χ4n) is 3.43. The number of carbonyl (C=O) groups excluding carboxylic acids is 3. The van der Waals surface area contributed by atoms with E-state index in [9.17, 15) is 14.4 Å². The predicted octanol–water partition coefficient (Wildman–Crippen LogP) is 1.65. The van der Waals surface area contributed by atoms with Crippen LogP contribution in [0.5, 0.6) is 5.75 Å². The lowest BCUT2D eigenvalue weighted by atomic mass is 9.85. The average Bonchev–Trinajstić information content (AvgIpc) is 2.89. The first-order valence-electron chi connectivity index (χ1n) is 8.50. The molecule has 0 spiro atoms. The molecule has 0 aromatic heterocycles. The van der Waals surface area contributed by atoms with Crippen molar-refractivity contribution in [2.45, 2.75) is 25.8 Å². The van der Waals surface area contributed by atoms with E-state index in [1.165, 1.54) is 4.90 Å². The summed E-state index contributed by atoms with van der Waals surface area (Å²) in [4.78, 5) is 38.0. The summed E-state index contributed by atoms with van der Waals surface area (Å²) in [6.07, 6.45) is 5.25. The minimum atomic E-state index is -0.242. The van der Waals surface area contributed by atoms with Gasteiger partial charge in [0.1, 0.15) is 5.75 Å². The molecule has 1 N–H and O–H groups in total. The standard InChI is InChI=1S/C19H22N2O4/c1-25-16-9-5-2-6-13(16)12-20-17(22)10-11-21-18(23)14-7-3-4-8-15(14)19(21)24/h2-6,9,14-15H,7-8,10-12H2,1H3,(H,20,22)/t14-,15+. The van der Waals surface area contributed by atoms with Gasteiger partial charge in [0.2, 0.25) is 17.7 Å². The number of imide groups is 1. The Kier molecular flexibility index (Phi) is 5.16. The third-order valence-corrected chi connectivity index (χ3v) is 4.83. The Balaban J connectivity index is 1.51. The number of likely N-dealkylation sites (tertiary alicyclic amines) is 1. The van der Waals surface area contributed by atoms with E-state index in [1.807, 2.05) is 36.4 Å². The second kappa shape index (κ2) is 7.51. The van der Waals surface area contributed by atoms with E-state index in [2.05, 4.69) is 5.32 Å². The highest BCUT2D eigenvalue weighted by Crippen LogP contribution is 2.34. The zero-order chi connectivity index (χ0) is 17.8. The largest absolute Gasteiger partial charge is 0.496 e. The number of benzene rings is 1. The summed E-state index contributed by atoms with van der Waals surface area (Å²) in [5.74, 6) is -0.249. The Hall–Kier alpha value is -2.63. The Morgan fingerprint density at radius 1 is 1.16 bits per heavy atom. The number of fused-ring (bicyclic) bond motifs is 1. The molecule has 1 saturated heterocycles. The van der Waals surface area contributed by atoms with Crippen molar-refractivity contribution in [1.29, 1.82) is 0 Å². The molecule has 0 radical (unpaired) electrons. The Morgan fingerprint density at radius 3 is 2.44 bits per heavy atom. The summed E-state index contributed by atoms with van der Waals surface area (Å²) < 4.78 is 5.25. The number of carbonyl (C=O) groups is 3. The number of rotatable bonds is 6. The van der Waals surface area contributed by atoms with Crippen molar-refractivity contribution in [3.8, 4) is 5.75 Å². The van der Waals surface area contributed by atoms with Crippen LogP contribution in [0.15, 0.2) is 36.4 Å². The third kappa shape index (κ3) is 3.57. The van der Waals surface area contributed by atoms with Gasteiger partial charge in [0.15, 0.2) is 0 Å². The summed E-state index contributed by atoms with van der Waals surface area (Å²) in [6, 6.07) is 7.45. The monoisotopic (exact) mass is 342 g/mol. The number of hydrogen-bond donors (Lipinski definition) is 1. The van der Waals surface area contributed by atoms with Crippen LogP contribution in [0, 0.1) is 11.8 Å². The van der Waals surface area contributed by atoms with Crippen LogP contribution in [-0.4, -0.2) is 36.3 Å². The minimum absolute atomic E-state index is 0.111. The van der Waals surface area contributed by atoms with Crippen molar-refractivity contribution in [3.05, 3.63) is 42.0 Å². The number of hydrogen-bond acceptors (Lipinski definition) is 4. The molecule has 1 fully saturated rings. The SMILES string of the molecule is COc1ccccc1CNC(=O)CCN1C(=O)[C@H]2CC=CC[C@H]2C1=O. The van der Waals surface area contributed by atoms with Crippen molar-refractivity contribution < 1.29 is 19.1 Å². The molecule has 3 rings (SSSR count). The molecule has 3 amide bonds. The van der Waals surface area contributed by atoms with Crippen LogP contribution in [0.4, 0.5) is 0 Å². The molecule has 132 valence electrons. The molecule has 0 unspecified atom stereocenters. The average molecular weight is 342 g/mol. The summed E-state index contributed by atoms with van der Waals surface area (Å²) in [7, 11) is 1.58. The highest BCUT2D eigenvalue weighted by Gasteiger charge is 2.46. The van der Waals surface area contributed by atoms with Crippen LogP contribution in [0.1, 0.15) is 24.8 Å². The van der Waals surface area contributed by atoms with E-state index in [0.717, 1.165) is 5.56 Å². The molecule has 1 aromatic carbocycles. The number of amides is 3. The van der Waals surface area contributed by atoms with Crippen LogP contribution in [0.25, 0.3) is 0 Å². The van der Waals surface area contributed by atoms with Gasteiger partial charge in [-0.15, -0.1) is 0 Å². The Bertz CT molecular complexity index is 687. The van der Waals surface area contributed by atoms with Crippen molar-refractivity contribution in [2.24, 2.45) is 11.8 Å². The van der Waals surface area contributed by atoms with Crippen molar-refractivity contribution in [2.75, 3.05) is 13.7 Å². The molecule has 1 aromatic rings. The molecule has 2 atom stereocenters. The van der Waals surface area contributed by atoms with Gasteiger partial charge in [0.05, 0.1) is 18.9 Å². The van der Waals surface area contributed by atoms with Crippen molar-refractivity contribution in [1.82, 2.24) is 10.2 Å². The zero-order valence-electron chi connectivity index (χ0n) is 14.2. The molecule has 25 heavy (non-hydrogen) atoms. The van der Waals surface area contributed by atoms with Crippen LogP contribution in [0.3, 0.4) is 0 Å². The van der Waals surface area contributed by atoms with E-state index in [0.29, 0.717) is 25.1 Å². The van der Waals surface area contributed by atoms with Gasteiger partial charge in [-0.3, -0.25) is 19.3 Å². The maximum Gasteiger partial charge on any atom is 0.233 e. The van der Waals surface area contributed by atoms with E-state index >= 15 is 0 Å². The maximum atomic E-state index is 12.3. The number of nitrogens with one attached hydrogen (secondary N) is 1. The lowest BCUT2D eigenvalue weighted by molar-refractivity contribution is -0.140. The van der Waals surface area contributed by atoms with Crippen molar-refractivity contribution >= 4 is 17.7 Å². The number of ether oxygens (including phenoxy) is 1. The normalized spacial score (nSPS) is 22.0. The minimum Gasteiger partial charge on any atom is -0.496 e. The highest BCUT2D eigenvalue weighted by molar-refractivity contribution is 6.05. The number of para-hydroxylation sites is 1. The lowest BCUT2D eigenvalue weighted by Gasteiger charge is -2.15. The van der Waals surface area contributed by atoms with Gasteiger partial charge in [-0.2, -0.15) is 0 Å². The smallest absolute Gasteiger partial charge is 0.233 e. The van der Waals surface area contributed by atoms with Crippen LogP contribution < -0.4 is 10.1 Å². The van der Waals surface area contributed by atoms with Gasteiger partial charge in [-0.05, 0) is 18.9 Å². The molecule has 0 bridgehead atoms. The first kappa shape index (κ1) is 17.2. The molecule has 0 saturated carbocycles. The van der Waals surface area contributed by atoms with E-state index in [-0.39, 0.29) is 42.5 Å². The van der Waals surface area contributed by atoms with Crippen LogP contribution in [0.2, 0.25) is 0 Å². The van der Waals surface area contributed by atoms with E-state index in [1.54, 1.807) is 7.11 Å². The summed E-state index contributed by atoms with van der Waals surface area (Å²) in [5.41, 5.74) is 0.878. The summed E-state index contributed by atoms with van der Waals surface area (Å²) in [5, 5.41) is 2.81. The molecule has 6 heteroatoms. The zero-order valence-corrected chi connectivity index (χ0v) is 14.2.